The quantitative estimate of drug-likeness (QED) is 0.764. The fraction of sp³-hybridized carbons (Fsp3) is 0.412. The number of hydrogen-bond donors (Lipinski definition) is 1. The highest BCUT2D eigenvalue weighted by Gasteiger charge is 2.22. The van der Waals surface area contributed by atoms with Gasteiger partial charge in [0.1, 0.15) is 0 Å². The third-order valence-corrected chi connectivity index (χ3v) is 6.38. The fourth-order valence-electron chi connectivity index (χ4n) is 2.16. The van der Waals surface area contributed by atoms with Gasteiger partial charge in [0.05, 0.1) is 5.25 Å². The maximum atomic E-state index is 6.38. The van der Waals surface area contributed by atoms with Gasteiger partial charge in [0.25, 0.3) is 0 Å². The van der Waals surface area contributed by atoms with Crippen molar-refractivity contribution in [3.05, 3.63) is 51.2 Å². The highest BCUT2D eigenvalue weighted by atomic mass is 32.2. The van der Waals surface area contributed by atoms with Crippen molar-refractivity contribution in [3.63, 3.8) is 0 Å². The van der Waals surface area contributed by atoms with Crippen molar-refractivity contribution in [1.29, 1.82) is 0 Å². The summed E-state index contributed by atoms with van der Waals surface area (Å²) in [5.41, 5.74) is 10.4. The zero-order chi connectivity index (χ0) is 14.7. The molecule has 2 unspecified atom stereocenters. The third kappa shape index (κ3) is 3.46. The second kappa shape index (κ2) is 6.79. The predicted octanol–water partition coefficient (Wildman–Crippen LogP) is 5.24. The molecule has 3 heteroatoms. The molecular formula is C17H23NS2. The topological polar surface area (TPSA) is 26.0 Å². The Balaban J connectivity index is 2.28. The molecule has 2 rings (SSSR count). The molecule has 0 spiro atoms. The van der Waals surface area contributed by atoms with Crippen LogP contribution in [0.15, 0.2) is 34.5 Å². The van der Waals surface area contributed by atoms with Gasteiger partial charge >= 0.3 is 0 Å². The molecule has 0 fully saturated rings. The molecule has 108 valence electrons. The number of aryl methyl sites for hydroxylation is 3. The van der Waals surface area contributed by atoms with Crippen LogP contribution in [-0.4, -0.2) is 6.04 Å². The first-order valence-electron chi connectivity index (χ1n) is 7.06. The molecule has 0 amide bonds. The van der Waals surface area contributed by atoms with E-state index >= 15 is 0 Å². The number of nitrogens with two attached hydrogens (primary N) is 1. The van der Waals surface area contributed by atoms with Crippen LogP contribution in [-0.2, 0) is 0 Å². The Hall–Kier alpha value is -0.770. The van der Waals surface area contributed by atoms with E-state index in [9.17, 15) is 0 Å². The van der Waals surface area contributed by atoms with Crippen molar-refractivity contribution >= 4 is 23.1 Å². The molecule has 0 radical (unpaired) electrons. The van der Waals surface area contributed by atoms with Crippen LogP contribution in [0.2, 0.25) is 0 Å². The summed E-state index contributed by atoms with van der Waals surface area (Å²) in [6, 6.07) is 9.08. The van der Waals surface area contributed by atoms with Gasteiger partial charge in [-0.2, -0.15) is 0 Å². The SMILES string of the molecule is CCC(N)C(Sc1ccc(C)c(C)c1)c1sccc1C. The van der Waals surface area contributed by atoms with Gasteiger partial charge in [-0.1, -0.05) is 13.0 Å². The number of thioether (sulfide) groups is 1. The summed E-state index contributed by atoms with van der Waals surface area (Å²) in [5, 5.41) is 2.52. The van der Waals surface area contributed by atoms with E-state index in [1.807, 2.05) is 23.1 Å². The summed E-state index contributed by atoms with van der Waals surface area (Å²) in [5.74, 6) is 0. The molecule has 0 saturated heterocycles. The summed E-state index contributed by atoms with van der Waals surface area (Å²) < 4.78 is 0. The van der Waals surface area contributed by atoms with Crippen molar-refractivity contribution in [1.82, 2.24) is 0 Å². The van der Waals surface area contributed by atoms with Crippen LogP contribution >= 0.6 is 23.1 Å². The maximum absolute atomic E-state index is 6.38. The summed E-state index contributed by atoms with van der Waals surface area (Å²) in [6.07, 6.45) is 1.000. The Kier molecular flexibility index (Phi) is 5.30. The molecule has 1 aromatic carbocycles. The van der Waals surface area contributed by atoms with E-state index in [1.165, 1.54) is 26.5 Å². The first-order chi connectivity index (χ1) is 9.52. The van der Waals surface area contributed by atoms with Crippen LogP contribution < -0.4 is 5.73 Å². The smallest absolute Gasteiger partial charge is 0.0591 e. The second-order valence-electron chi connectivity index (χ2n) is 5.32. The Labute approximate surface area is 130 Å². The van der Waals surface area contributed by atoms with Crippen LogP contribution in [0.4, 0.5) is 0 Å². The van der Waals surface area contributed by atoms with E-state index in [4.69, 9.17) is 5.73 Å². The first kappa shape index (κ1) is 15.6. The normalized spacial score (nSPS) is 14.2. The Morgan fingerprint density at radius 2 is 1.85 bits per heavy atom. The van der Waals surface area contributed by atoms with Gasteiger partial charge in [-0.3, -0.25) is 0 Å². The van der Waals surface area contributed by atoms with Crippen LogP contribution in [0, 0.1) is 20.8 Å². The van der Waals surface area contributed by atoms with Crippen LogP contribution in [0.1, 0.15) is 40.2 Å². The van der Waals surface area contributed by atoms with Crippen LogP contribution in [0.5, 0.6) is 0 Å². The van der Waals surface area contributed by atoms with E-state index in [0.29, 0.717) is 5.25 Å². The molecule has 2 N–H and O–H groups in total. The van der Waals surface area contributed by atoms with Gasteiger partial charge in [-0.15, -0.1) is 23.1 Å². The van der Waals surface area contributed by atoms with Gasteiger partial charge < -0.3 is 5.73 Å². The standard InChI is InChI=1S/C17H23NS2/c1-5-15(18)17(16-12(3)8-9-19-16)20-14-7-6-11(2)13(4)10-14/h6-10,15,17H,5,18H2,1-4H3. The molecule has 20 heavy (non-hydrogen) atoms. The third-order valence-electron chi connectivity index (χ3n) is 3.76. The number of thiophene rings is 1. The molecular weight excluding hydrogens is 282 g/mol. The van der Waals surface area contributed by atoms with Crippen LogP contribution in [0.25, 0.3) is 0 Å². The van der Waals surface area contributed by atoms with Crippen molar-refractivity contribution in [2.24, 2.45) is 5.73 Å². The minimum absolute atomic E-state index is 0.193. The summed E-state index contributed by atoms with van der Waals surface area (Å²) in [4.78, 5) is 2.73. The largest absolute Gasteiger partial charge is 0.326 e. The van der Waals surface area contributed by atoms with Crippen molar-refractivity contribution < 1.29 is 0 Å². The van der Waals surface area contributed by atoms with E-state index in [0.717, 1.165) is 6.42 Å². The molecule has 1 nitrogen and oxygen atoms in total. The van der Waals surface area contributed by atoms with Gasteiger partial charge in [0, 0.05) is 15.8 Å². The van der Waals surface area contributed by atoms with Crippen molar-refractivity contribution in [2.45, 2.75) is 50.3 Å². The fourth-order valence-corrected chi connectivity index (χ4v) is 4.80. The zero-order valence-electron chi connectivity index (χ0n) is 12.6. The highest BCUT2D eigenvalue weighted by molar-refractivity contribution is 7.99. The lowest BCUT2D eigenvalue weighted by molar-refractivity contribution is 0.638. The summed E-state index contributed by atoms with van der Waals surface area (Å²) in [7, 11) is 0. The molecule has 0 aliphatic rings. The molecule has 0 bridgehead atoms. The molecule has 2 atom stereocenters. The first-order valence-corrected chi connectivity index (χ1v) is 8.82. The predicted molar refractivity (Wildman–Crippen MR) is 91.8 cm³/mol. The van der Waals surface area contributed by atoms with Crippen molar-refractivity contribution in [3.8, 4) is 0 Å². The Morgan fingerprint density at radius 3 is 2.40 bits per heavy atom. The molecule has 2 aromatic rings. The maximum Gasteiger partial charge on any atom is 0.0591 e. The molecule has 0 aliphatic carbocycles. The molecule has 0 saturated carbocycles. The van der Waals surface area contributed by atoms with E-state index < -0.39 is 0 Å². The average molecular weight is 306 g/mol. The average Bonchev–Trinajstić information content (AvgIpc) is 2.85. The lowest BCUT2D eigenvalue weighted by Crippen LogP contribution is -2.25. The van der Waals surface area contributed by atoms with Gasteiger partial charge in [0.2, 0.25) is 0 Å². The number of hydrogen-bond acceptors (Lipinski definition) is 3. The van der Waals surface area contributed by atoms with Gasteiger partial charge in [-0.25, -0.2) is 0 Å². The lowest BCUT2D eigenvalue weighted by Gasteiger charge is -2.22. The van der Waals surface area contributed by atoms with Crippen molar-refractivity contribution in [2.75, 3.05) is 0 Å². The zero-order valence-corrected chi connectivity index (χ0v) is 14.3. The molecule has 0 aliphatic heterocycles. The van der Waals surface area contributed by atoms with E-state index in [1.54, 1.807) is 0 Å². The highest BCUT2D eigenvalue weighted by Crippen LogP contribution is 2.42. The summed E-state index contributed by atoms with van der Waals surface area (Å²) >= 11 is 3.73. The van der Waals surface area contributed by atoms with Gasteiger partial charge in [-0.05, 0) is 67.5 Å². The molecule has 1 heterocycles. The second-order valence-corrected chi connectivity index (χ2v) is 7.49. The molecule has 1 aromatic heterocycles. The Bertz CT molecular complexity index is 574. The van der Waals surface area contributed by atoms with Crippen LogP contribution in [0.3, 0.4) is 0 Å². The minimum atomic E-state index is 0.193. The number of rotatable bonds is 5. The number of benzene rings is 1. The Morgan fingerprint density at radius 1 is 1.10 bits per heavy atom. The van der Waals surface area contributed by atoms with Gasteiger partial charge in [0.15, 0.2) is 0 Å². The lowest BCUT2D eigenvalue weighted by atomic mass is 10.1. The van der Waals surface area contributed by atoms with E-state index in [-0.39, 0.29) is 6.04 Å². The summed E-state index contributed by atoms with van der Waals surface area (Å²) in [6.45, 7) is 8.68. The minimum Gasteiger partial charge on any atom is -0.326 e. The van der Waals surface area contributed by atoms with E-state index in [2.05, 4.69) is 57.3 Å². The monoisotopic (exact) mass is 305 g/mol.